The lowest BCUT2D eigenvalue weighted by Gasteiger charge is -2.22. The van der Waals surface area contributed by atoms with Crippen LogP contribution in [0.4, 0.5) is 4.79 Å². The summed E-state index contributed by atoms with van der Waals surface area (Å²) < 4.78 is 4.45. The molecule has 0 aliphatic carbocycles. The highest BCUT2D eigenvalue weighted by Gasteiger charge is 2.18. The molecule has 5 nitrogen and oxygen atoms in total. The number of hydroxylamine groups is 2. The van der Waals surface area contributed by atoms with Gasteiger partial charge in [-0.1, -0.05) is 0 Å². The number of hydrogen-bond acceptors (Lipinski definition) is 4. The summed E-state index contributed by atoms with van der Waals surface area (Å²) in [5, 5.41) is 0.759. The molecular weight excluding hydrogens is 174 g/mol. The summed E-state index contributed by atoms with van der Waals surface area (Å²) in [6.45, 7) is 7.17. The number of amides is 1. The van der Waals surface area contributed by atoms with Gasteiger partial charge in [0.25, 0.3) is 0 Å². The second kappa shape index (κ2) is 5.77. The van der Waals surface area contributed by atoms with Crippen LogP contribution in [0.1, 0.15) is 27.7 Å². The highest BCUT2D eigenvalue weighted by molar-refractivity contribution is 5.64. The number of ether oxygens (including phenoxy) is 1. The Morgan fingerprint density at radius 3 is 1.69 bits per heavy atom. The number of carbonyl (C=O) groups is 1. The molecule has 0 bridgehead atoms. The van der Waals surface area contributed by atoms with E-state index in [0.29, 0.717) is 0 Å². The molecule has 0 N–H and O–H groups in total. The first-order chi connectivity index (χ1) is 5.97. The lowest BCUT2D eigenvalue weighted by Crippen LogP contribution is -2.35. The number of nitrogens with zero attached hydrogens (tertiary/aromatic N) is 1. The SMILES string of the molecule is COC(=O)N(OC(C)C)OC(C)C. The van der Waals surface area contributed by atoms with E-state index in [1.54, 1.807) is 27.7 Å². The third-order valence-electron chi connectivity index (χ3n) is 0.937. The van der Waals surface area contributed by atoms with E-state index in [0.717, 1.165) is 5.23 Å². The number of methoxy groups -OCH3 is 1. The van der Waals surface area contributed by atoms with E-state index in [1.807, 2.05) is 0 Å². The fourth-order valence-electron chi connectivity index (χ4n) is 0.568. The Morgan fingerprint density at radius 1 is 1.08 bits per heavy atom. The second-order valence-corrected chi connectivity index (χ2v) is 3.04. The molecule has 0 aromatic carbocycles. The Morgan fingerprint density at radius 2 is 1.46 bits per heavy atom. The number of carbonyl (C=O) groups excluding carboxylic acids is 1. The first-order valence-electron chi connectivity index (χ1n) is 4.19. The van der Waals surface area contributed by atoms with Crippen molar-refractivity contribution in [3.05, 3.63) is 0 Å². The smallest absolute Gasteiger partial charge is 0.450 e. The molecule has 0 fully saturated rings. The van der Waals surface area contributed by atoms with Gasteiger partial charge in [0, 0.05) is 0 Å². The van der Waals surface area contributed by atoms with Crippen molar-refractivity contribution in [2.75, 3.05) is 7.11 Å². The molecule has 0 unspecified atom stereocenters. The van der Waals surface area contributed by atoms with Gasteiger partial charge in [0.15, 0.2) is 0 Å². The van der Waals surface area contributed by atoms with Crippen LogP contribution in [0.5, 0.6) is 0 Å². The lowest BCUT2D eigenvalue weighted by atomic mass is 10.5. The van der Waals surface area contributed by atoms with Crippen molar-refractivity contribution in [2.24, 2.45) is 0 Å². The summed E-state index contributed by atoms with van der Waals surface area (Å²) in [5.41, 5.74) is 0. The fraction of sp³-hybridized carbons (Fsp3) is 0.875. The van der Waals surface area contributed by atoms with E-state index in [-0.39, 0.29) is 12.2 Å². The molecule has 0 aliphatic rings. The molecule has 0 radical (unpaired) electrons. The Hall–Kier alpha value is -0.810. The molecule has 0 aromatic heterocycles. The first kappa shape index (κ1) is 12.2. The van der Waals surface area contributed by atoms with Crippen LogP contribution in [0.3, 0.4) is 0 Å². The van der Waals surface area contributed by atoms with E-state index in [1.165, 1.54) is 7.11 Å². The molecule has 0 heterocycles. The molecule has 13 heavy (non-hydrogen) atoms. The van der Waals surface area contributed by atoms with Gasteiger partial charge in [-0.25, -0.2) is 14.5 Å². The number of hydrogen-bond donors (Lipinski definition) is 0. The molecule has 78 valence electrons. The lowest BCUT2D eigenvalue weighted by molar-refractivity contribution is -0.362. The zero-order valence-corrected chi connectivity index (χ0v) is 8.73. The van der Waals surface area contributed by atoms with Crippen LogP contribution in [0.25, 0.3) is 0 Å². The zero-order valence-electron chi connectivity index (χ0n) is 8.73. The third-order valence-corrected chi connectivity index (χ3v) is 0.937. The monoisotopic (exact) mass is 191 g/mol. The van der Waals surface area contributed by atoms with Crippen LogP contribution in [0.15, 0.2) is 0 Å². The summed E-state index contributed by atoms with van der Waals surface area (Å²) in [4.78, 5) is 21.1. The molecule has 0 atom stereocenters. The molecule has 0 saturated heterocycles. The van der Waals surface area contributed by atoms with Crippen LogP contribution in [0, 0.1) is 0 Å². The highest BCUT2D eigenvalue weighted by Crippen LogP contribution is 2.03. The maximum atomic E-state index is 11.0. The number of rotatable bonds is 4. The summed E-state index contributed by atoms with van der Waals surface area (Å²) >= 11 is 0. The van der Waals surface area contributed by atoms with Crippen molar-refractivity contribution in [3.63, 3.8) is 0 Å². The normalized spacial score (nSPS) is 10.7. The summed E-state index contributed by atoms with van der Waals surface area (Å²) in [6, 6.07) is 0. The summed E-state index contributed by atoms with van der Waals surface area (Å²) in [6.07, 6.45) is -0.946. The van der Waals surface area contributed by atoms with Gasteiger partial charge < -0.3 is 4.74 Å². The van der Waals surface area contributed by atoms with Crippen molar-refractivity contribution >= 4 is 6.09 Å². The zero-order chi connectivity index (χ0) is 10.4. The van der Waals surface area contributed by atoms with E-state index in [4.69, 9.17) is 9.68 Å². The van der Waals surface area contributed by atoms with Gasteiger partial charge in [0.05, 0.1) is 19.3 Å². The van der Waals surface area contributed by atoms with E-state index in [9.17, 15) is 4.79 Å². The molecular formula is C8H17NO4. The molecule has 0 saturated carbocycles. The quantitative estimate of drug-likeness (QED) is 0.635. The molecule has 0 rings (SSSR count). The van der Waals surface area contributed by atoms with Gasteiger partial charge >= 0.3 is 6.09 Å². The second-order valence-electron chi connectivity index (χ2n) is 3.04. The standard InChI is InChI=1S/C8H17NO4/c1-6(2)12-9(8(10)11-5)13-7(3)4/h6-7H,1-5H3. The maximum absolute atomic E-state index is 11.0. The Labute approximate surface area is 78.5 Å². The Balaban J connectivity index is 4.10. The summed E-state index contributed by atoms with van der Waals surface area (Å²) in [7, 11) is 1.27. The van der Waals surface area contributed by atoms with Crippen LogP contribution in [-0.2, 0) is 14.4 Å². The molecule has 0 spiro atoms. The van der Waals surface area contributed by atoms with Gasteiger partial charge in [0.2, 0.25) is 0 Å². The molecule has 1 amide bonds. The molecule has 5 heteroatoms. The Bertz CT molecular complexity index is 148. The van der Waals surface area contributed by atoms with Crippen LogP contribution >= 0.6 is 0 Å². The largest absolute Gasteiger partial charge is 0.459 e. The highest BCUT2D eigenvalue weighted by atomic mass is 17.0. The van der Waals surface area contributed by atoms with E-state index < -0.39 is 6.09 Å². The van der Waals surface area contributed by atoms with E-state index in [2.05, 4.69) is 4.74 Å². The van der Waals surface area contributed by atoms with Gasteiger partial charge in [-0.3, -0.25) is 0 Å². The van der Waals surface area contributed by atoms with Crippen LogP contribution < -0.4 is 0 Å². The minimum absolute atomic E-state index is 0.141. The van der Waals surface area contributed by atoms with Crippen molar-refractivity contribution in [1.82, 2.24) is 5.23 Å². The van der Waals surface area contributed by atoms with Crippen LogP contribution in [0.2, 0.25) is 0 Å². The maximum Gasteiger partial charge on any atom is 0.459 e. The predicted molar refractivity (Wildman–Crippen MR) is 46.7 cm³/mol. The summed E-state index contributed by atoms with van der Waals surface area (Å²) in [5.74, 6) is 0. The van der Waals surface area contributed by atoms with Crippen molar-refractivity contribution in [2.45, 2.75) is 39.9 Å². The van der Waals surface area contributed by atoms with Crippen molar-refractivity contribution < 1.29 is 19.2 Å². The average Bonchev–Trinajstić information content (AvgIpc) is 2.00. The topological polar surface area (TPSA) is 48.0 Å². The van der Waals surface area contributed by atoms with Crippen molar-refractivity contribution in [3.8, 4) is 0 Å². The van der Waals surface area contributed by atoms with Gasteiger partial charge in [-0.2, -0.15) is 0 Å². The van der Waals surface area contributed by atoms with Gasteiger partial charge in [0.1, 0.15) is 0 Å². The fourth-order valence-corrected chi connectivity index (χ4v) is 0.568. The minimum Gasteiger partial charge on any atom is -0.450 e. The van der Waals surface area contributed by atoms with Crippen molar-refractivity contribution in [1.29, 1.82) is 0 Å². The third kappa shape index (κ3) is 5.43. The molecule has 0 aliphatic heterocycles. The Kier molecular flexibility index (Phi) is 5.41. The average molecular weight is 191 g/mol. The minimum atomic E-state index is -0.664. The van der Waals surface area contributed by atoms with E-state index >= 15 is 0 Å². The predicted octanol–water partition coefficient (Wildman–Crippen LogP) is 1.73. The van der Waals surface area contributed by atoms with Gasteiger partial charge in [-0.15, -0.1) is 0 Å². The van der Waals surface area contributed by atoms with Crippen LogP contribution in [-0.4, -0.2) is 30.6 Å². The first-order valence-corrected chi connectivity index (χ1v) is 4.19. The van der Waals surface area contributed by atoms with Gasteiger partial charge in [-0.05, 0) is 32.9 Å². The molecule has 0 aromatic rings.